The highest BCUT2D eigenvalue weighted by Crippen LogP contribution is 2.41. The summed E-state index contributed by atoms with van der Waals surface area (Å²) >= 11 is 1.40. The lowest BCUT2D eigenvalue weighted by atomic mass is 10.1. The molecule has 1 fully saturated rings. The van der Waals surface area contributed by atoms with Crippen molar-refractivity contribution in [1.29, 1.82) is 0 Å². The van der Waals surface area contributed by atoms with Gasteiger partial charge in [-0.3, -0.25) is 14.7 Å². The van der Waals surface area contributed by atoms with Crippen LogP contribution in [0.25, 0.3) is 6.08 Å². The predicted octanol–water partition coefficient (Wildman–Crippen LogP) is 3.90. The number of amides is 1. The number of rotatable bonds is 5. The Kier molecular flexibility index (Phi) is 5.46. The molecule has 0 saturated carbocycles. The number of hydrogen-bond acceptors (Lipinski definition) is 6. The van der Waals surface area contributed by atoms with Crippen LogP contribution in [0, 0.1) is 0 Å². The molecular formula is C19H24N2O4S. The maximum atomic E-state index is 12.9. The number of aliphatic imine (C=N–C) groups is 1. The van der Waals surface area contributed by atoms with Gasteiger partial charge in [0.1, 0.15) is 5.75 Å². The number of hydrogen-bond donors (Lipinski definition) is 0. The van der Waals surface area contributed by atoms with Crippen molar-refractivity contribution in [3.63, 3.8) is 0 Å². The molecule has 0 aromatic heterocycles. The van der Waals surface area contributed by atoms with E-state index in [0.29, 0.717) is 28.8 Å². The van der Waals surface area contributed by atoms with Crippen LogP contribution in [0.1, 0.15) is 40.2 Å². The summed E-state index contributed by atoms with van der Waals surface area (Å²) in [5.41, 5.74) is 0.793. The molecular weight excluding hydrogens is 352 g/mol. The smallest absolute Gasteiger partial charge is 0.266 e. The van der Waals surface area contributed by atoms with Crippen molar-refractivity contribution >= 4 is 28.9 Å². The molecule has 0 radical (unpaired) electrons. The number of carbonyl (C=O) groups excluding carboxylic acids is 1. The lowest BCUT2D eigenvalue weighted by molar-refractivity contribution is -0.123. The number of ether oxygens (including phenoxy) is 3. The van der Waals surface area contributed by atoms with E-state index in [9.17, 15) is 4.79 Å². The topological polar surface area (TPSA) is 60.4 Å². The summed E-state index contributed by atoms with van der Waals surface area (Å²) in [4.78, 5) is 19.9. The van der Waals surface area contributed by atoms with Crippen LogP contribution in [0.15, 0.2) is 22.0 Å². The van der Waals surface area contributed by atoms with Gasteiger partial charge >= 0.3 is 0 Å². The molecule has 140 valence electrons. The van der Waals surface area contributed by atoms with E-state index >= 15 is 0 Å². The minimum atomic E-state index is -0.0375. The van der Waals surface area contributed by atoms with E-state index in [2.05, 4.69) is 4.99 Å². The Hall–Kier alpha value is -2.15. The Morgan fingerprint density at radius 3 is 2.58 bits per heavy atom. The van der Waals surface area contributed by atoms with Gasteiger partial charge < -0.3 is 14.2 Å². The molecule has 0 unspecified atom stereocenters. The van der Waals surface area contributed by atoms with Gasteiger partial charge in [-0.1, -0.05) is 0 Å². The molecule has 1 aromatic carbocycles. The lowest BCUT2D eigenvalue weighted by Gasteiger charge is -2.20. The zero-order valence-electron chi connectivity index (χ0n) is 15.7. The summed E-state index contributed by atoms with van der Waals surface area (Å²) in [5, 5.41) is 0.741. The molecule has 0 spiro atoms. The summed E-state index contributed by atoms with van der Waals surface area (Å²) in [6, 6.07) is 3.83. The molecule has 1 amide bonds. The minimum Gasteiger partial charge on any atom is -0.493 e. The average molecular weight is 376 g/mol. The number of thioether (sulfide) groups is 1. The molecule has 7 heteroatoms. The predicted molar refractivity (Wildman–Crippen MR) is 104 cm³/mol. The molecule has 3 rings (SSSR count). The van der Waals surface area contributed by atoms with Crippen molar-refractivity contribution in [3.05, 3.63) is 22.6 Å². The standard InChI is InChI=1S/C19H24N2O4S/c1-6-23-14-9-16-15(24-10-25-16)7-13(14)8-17-18(22)21(12(4)5)19(26-17)20-11(2)3/h7-9,11-12H,6,10H2,1-5H3/b17-8+,20-19?. The fourth-order valence-electron chi connectivity index (χ4n) is 2.73. The van der Waals surface area contributed by atoms with E-state index in [0.717, 1.165) is 10.7 Å². The number of benzene rings is 1. The van der Waals surface area contributed by atoms with Crippen LogP contribution in [-0.2, 0) is 4.79 Å². The number of amidine groups is 1. The third-order valence-corrected chi connectivity index (χ3v) is 4.81. The Balaban J connectivity index is 2.01. The van der Waals surface area contributed by atoms with Crippen LogP contribution in [0.3, 0.4) is 0 Å². The maximum Gasteiger partial charge on any atom is 0.266 e. The molecule has 2 heterocycles. The molecule has 2 aliphatic rings. The van der Waals surface area contributed by atoms with Crippen molar-refractivity contribution in [3.8, 4) is 17.2 Å². The normalized spacial score (nSPS) is 19.5. The van der Waals surface area contributed by atoms with E-state index in [1.54, 1.807) is 4.90 Å². The fourth-order valence-corrected chi connectivity index (χ4v) is 3.95. The molecule has 0 bridgehead atoms. The zero-order chi connectivity index (χ0) is 18.8. The lowest BCUT2D eigenvalue weighted by Crippen LogP contribution is -2.35. The molecule has 26 heavy (non-hydrogen) atoms. The van der Waals surface area contributed by atoms with E-state index < -0.39 is 0 Å². The average Bonchev–Trinajstić information content (AvgIpc) is 3.12. The first kappa shape index (κ1) is 18.6. The third kappa shape index (κ3) is 3.67. The first-order valence-electron chi connectivity index (χ1n) is 8.78. The minimum absolute atomic E-state index is 0.0375. The van der Waals surface area contributed by atoms with Crippen LogP contribution in [0.4, 0.5) is 0 Å². The Bertz CT molecular complexity index is 771. The summed E-state index contributed by atoms with van der Waals surface area (Å²) in [6.07, 6.45) is 1.85. The van der Waals surface area contributed by atoms with E-state index in [1.807, 2.05) is 52.8 Å². The van der Waals surface area contributed by atoms with Gasteiger partial charge in [-0.2, -0.15) is 0 Å². The first-order chi connectivity index (χ1) is 12.4. The highest BCUT2D eigenvalue weighted by Gasteiger charge is 2.35. The highest BCUT2D eigenvalue weighted by molar-refractivity contribution is 8.18. The third-order valence-electron chi connectivity index (χ3n) is 3.81. The number of carbonyl (C=O) groups is 1. The summed E-state index contributed by atoms with van der Waals surface area (Å²) in [6.45, 7) is 10.6. The molecule has 6 nitrogen and oxygen atoms in total. The van der Waals surface area contributed by atoms with Crippen molar-refractivity contribution < 1.29 is 19.0 Å². The molecule has 1 aromatic rings. The Labute approximate surface area is 158 Å². The SMILES string of the molecule is CCOc1cc2c(cc1/C=C1/SC(=NC(C)C)N(C(C)C)C1=O)OCO2. The van der Waals surface area contributed by atoms with Crippen LogP contribution >= 0.6 is 11.8 Å². The summed E-state index contributed by atoms with van der Waals surface area (Å²) in [5.74, 6) is 1.95. The van der Waals surface area contributed by atoms with Gasteiger partial charge in [-0.05, 0) is 58.5 Å². The molecule has 1 saturated heterocycles. The largest absolute Gasteiger partial charge is 0.493 e. The highest BCUT2D eigenvalue weighted by atomic mass is 32.2. The number of nitrogens with zero attached hydrogens (tertiary/aromatic N) is 2. The second-order valence-electron chi connectivity index (χ2n) is 6.56. The first-order valence-corrected chi connectivity index (χ1v) is 9.59. The Morgan fingerprint density at radius 2 is 1.96 bits per heavy atom. The van der Waals surface area contributed by atoms with Crippen molar-refractivity contribution in [2.45, 2.75) is 46.7 Å². The molecule has 0 atom stereocenters. The van der Waals surface area contributed by atoms with Crippen LogP contribution < -0.4 is 14.2 Å². The summed E-state index contributed by atoms with van der Waals surface area (Å²) < 4.78 is 16.6. The Morgan fingerprint density at radius 1 is 1.27 bits per heavy atom. The molecule has 0 N–H and O–H groups in total. The van der Waals surface area contributed by atoms with Gasteiger partial charge in [-0.15, -0.1) is 0 Å². The quantitative estimate of drug-likeness (QED) is 0.730. The van der Waals surface area contributed by atoms with Gasteiger partial charge in [0.25, 0.3) is 5.91 Å². The van der Waals surface area contributed by atoms with Crippen LogP contribution in [0.5, 0.6) is 17.2 Å². The second kappa shape index (κ2) is 7.61. The molecule has 2 aliphatic heterocycles. The van der Waals surface area contributed by atoms with Crippen molar-refractivity contribution in [1.82, 2.24) is 4.90 Å². The van der Waals surface area contributed by atoms with Gasteiger partial charge in [-0.25, -0.2) is 0 Å². The van der Waals surface area contributed by atoms with Crippen LogP contribution in [0.2, 0.25) is 0 Å². The van der Waals surface area contributed by atoms with E-state index in [1.165, 1.54) is 11.8 Å². The van der Waals surface area contributed by atoms with E-state index in [-0.39, 0.29) is 24.8 Å². The van der Waals surface area contributed by atoms with E-state index in [4.69, 9.17) is 14.2 Å². The number of fused-ring (bicyclic) bond motifs is 1. The summed E-state index contributed by atoms with van der Waals surface area (Å²) in [7, 11) is 0. The van der Waals surface area contributed by atoms with Gasteiger partial charge in [0.2, 0.25) is 6.79 Å². The van der Waals surface area contributed by atoms with Crippen molar-refractivity contribution in [2.75, 3.05) is 13.4 Å². The maximum absolute atomic E-state index is 12.9. The monoisotopic (exact) mass is 376 g/mol. The van der Waals surface area contributed by atoms with Crippen LogP contribution in [-0.4, -0.2) is 41.5 Å². The van der Waals surface area contributed by atoms with Gasteiger partial charge in [0.05, 0.1) is 11.5 Å². The van der Waals surface area contributed by atoms with Crippen molar-refractivity contribution in [2.24, 2.45) is 4.99 Å². The molecule has 0 aliphatic carbocycles. The zero-order valence-corrected chi connectivity index (χ0v) is 16.6. The fraction of sp³-hybridized carbons (Fsp3) is 0.474. The van der Waals surface area contributed by atoms with Gasteiger partial charge in [0, 0.05) is 23.7 Å². The second-order valence-corrected chi connectivity index (χ2v) is 7.57. The van der Waals surface area contributed by atoms with Gasteiger partial charge in [0.15, 0.2) is 16.7 Å².